The molecule has 0 bridgehead atoms. The van der Waals surface area contributed by atoms with Crippen LogP contribution in [-0.4, -0.2) is 34.3 Å². The molecule has 5 nitrogen and oxygen atoms in total. The van der Waals surface area contributed by atoms with E-state index in [1.54, 1.807) is 0 Å². The fourth-order valence-electron chi connectivity index (χ4n) is 4.10. The minimum absolute atomic E-state index is 0.0190. The van der Waals surface area contributed by atoms with Crippen molar-refractivity contribution in [2.75, 3.05) is 13.7 Å². The topological polar surface area (TPSA) is 54.7 Å². The van der Waals surface area contributed by atoms with Crippen LogP contribution in [0.4, 0.5) is 4.79 Å². The van der Waals surface area contributed by atoms with Gasteiger partial charge in [-0.2, -0.15) is 0 Å². The second kappa shape index (κ2) is 5.53. The Balaban J connectivity index is 1.98. The third kappa shape index (κ3) is 2.19. The number of rotatable bonds is 0. The maximum Gasteiger partial charge on any atom is 0.410 e. The molecule has 1 aromatic carbocycles. The minimum atomic E-state index is -0.543. The third-order valence-corrected chi connectivity index (χ3v) is 5.55. The summed E-state index contributed by atoms with van der Waals surface area (Å²) in [7, 11) is 1.43. The maximum atomic E-state index is 12.2. The molecule has 0 aliphatic carbocycles. The predicted octanol–water partition coefficient (Wildman–Crippen LogP) is 3.74. The number of aliphatic hydroxyl groups excluding tert-OH is 1. The van der Waals surface area contributed by atoms with E-state index in [1.165, 1.54) is 18.1 Å². The quantitative estimate of drug-likeness (QED) is 0.759. The second-order valence-electron chi connectivity index (χ2n) is 6.24. The highest BCUT2D eigenvalue weighted by Gasteiger charge is 2.38. The molecule has 6 heteroatoms. The molecule has 0 unspecified atom stereocenters. The minimum Gasteiger partial charge on any atom is -0.453 e. The van der Waals surface area contributed by atoms with Crippen molar-refractivity contribution < 1.29 is 14.6 Å². The Labute approximate surface area is 143 Å². The first kappa shape index (κ1) is 15.0. The van der Waals surface area contributed by atoms with Gasteiger partial charge in [0.15, 0.2) is 0 Å². The SMILES string of the molecule is COC(=O)N1CCc2c3n(c4cc(Br)ccc24)[C@H](O)CCC[C@H]31. The van der Waals surface area contributed by atoms with Crippen LogP contribution < -0.4 is 0 Å². The van der Waals surface area contributed by atoms with Crippen molar-refractivity contribution in [2.24, 2.45) is 0 Å². The Kier molecular flexibility index (Phi) is 3.61. The molecule has 1 N–H and O–H groups in total. The van der Waals surface area contributed by atoms with Gasteiger partial charge in [-0.1, -0.05) is 22.0 Å². The molecule has 23 heavy (non-hydrogen) atoms. The van der Waals surface area contributed by atoms with E-state index in [0.717, 1.165) is 34.9 Å². The Morgan fingerprint density at radius 1 is 1.39 bits per heavy atom. The van der Waals surface area contributed by atoms with Gasteiger partial charge in [0.2, 0.25) is 0 Å². The lowest BCUT2D eigenvalue weighted by Crippen LogP contribution is -2.40. The van der Waals surface area contributed by atoms with Gasteiger partial charge in [0.25, 0.3) is 0 Å². The fourth-order valence-corrected chi connectivity index (χ4v) is 4.45. The van der Waals surface area contributed by atoms with Crippen LogP contribution in [0.5, 0.6) is 0 Å². The normalized spacial score (nSPS) is 23.5. The molecule has 0 spiro atoms. The highest BCUT2D eigenvalue weighted by atomic mass is 79.9. The van der Waals surface area contributed by atoms with Gasteiger partial charge in [-0.25, -0.2) is 4.79 Å². The number of aromatic nitrogens is 1. The molecular weight excluding hydrogens is 360 g/mol. The van der Waals surface area contributed by atoms with Crippen LogP contribution in [0.3, 0.4) is 0 Å². The molecule has 2 aliphatic rings. The third-order valence-electron chi connectivity index (χ3n) is 5.05. The van der Waals surface area contributed by atoms with Crippen LogP contribution in [0.2, 0.25) is 0 Å². The molecule has 1 amide bonds. The summed E-state index contributed by atoms with van der Waals surface area (Å²) in [5.41, 5.74) is 3.38. The van der Waals surface area contributed by atoms with E-state index in [0.29, 0.717) is 13.0 Å². The number of carbonyl (C=O) groups is 1. The van der Waals surface area contributed by atoms with Gasteiger partial charge in [0.1, 0.15) is 6.23 Å². The summed E-state index contributed by atoms with van der Waals surface area (Å²) in [6.07, 6.45) is 2.41. The summed E-state index contributed by atoms with van der Waals surface area (Å²) < 4.78 is 7.99. The van der Waals surface area contributed by atoms with Gasteiger partial charge < -0.3 is 14.4 Å². The van der Waals surface area contributed by atoms with Crippen molar-refractivity contribution in [3.8, 4) is 0 Å². The molecule has 0 radical (unpaired) electrons. The van der Waals surface area contributed by atoms with Gasteiger partial charge in [-0.05, 0) is 43.4 Å². The van der Waals surface area contributed by atoms with Crippen molar-refractivity contribution in [1.82, 2.24) is 9.47 Å². The molecular formula is C17H19BrN2O3. The summed E-state index contributed by atoms with van der Waals surface area (Å²) in [5.74, 6) is 0. The summed E-state index contributed by atoms with van der Waals surface area (Å²) in [4.78, 5) is 14.0. The fraction of sp³-hybridized carbons (Fsp3) is 0.471. The van der Waals surface area contributed by atoms with Crippen molar-refractivity contribution in [3.63, 3.8) is 0 Å². The second-order valence-corrected chi connectivity index (χ2v) is 7.15. The average molecular weight is 379 g/mol. The molecule has 2 aromatic rings. The highest BCUT2D eigenvalue weighted by Crippen LogP contribution is 2.44. The Morgan fingerprint density at radius 3 is 3.00 bits per heavy atom. The zero-order valence-electron chi connectivity index (χ0n) is 13.0. The van der Waals surface area contributed by atoms with Crippen molar-refractivity contribution >= 4 is 32.9 Å². The molecule has 0 fully saturated rings. The number of ether oxygens (including phenoxy) is 1. The average Bonchev–Trinajstić information content (AvgIpc) is 2.76. The van der Waals surface area contributed by atoms with Crippen LogP contribution in [0, 0.1) is 0 Å². The summed E-state index contributed by atoms with van der Waals surface area (Å²) in [5, 5.41) is 11.9. The smallest absolute Gasteiger partial charge is 0.410 e. The largest absolute Gasteiger partial charge is 0.453 e. The van der Waals surface area contributed by atoms with Crippen LogP contribution in [-0.2, 0) is 11.2 Å². The number of fused-ring (bicyclic) bond motifs is 3. The molecule has 0 saturated heterocycles. The van der Waals surface area contributed by atoms with Crippen LogP contribution in [0.15, 0.2) is 22.7 Å². The Bertz CT molecular complexity index is 786. The van der Waals surface area contributed by atoms with Gasteiger partial charge in [0, 0.05) is 22.1 Å². The summed E-state index contributed by atoms with van der Waals surface area (Å²) >= 11 is 3.53. The lowest BCUT2D eigenvalue weighted by molar-refractivity contribution is 0.0909. The maximum absolute atomic E-state index is 12.2. The lowest BCUT2D eigenvalue weighted by atomic mass is 9.95. The van der Waals surface area contributed by atoms with Gasteiger partial charge in [-0.15, -0.1) is 0 Å². The molecule has 2 aliphatic heterocycles. The van der Waals surface area contributed by atoms with E-state index in [9.17, 15) is 9.90 Å². The summed E-state index contributed by atoms with van der Waals surface area (Å²) in [6.45, 7) is 0.662. The number of benzene rings is 1. The lowest BCUT2D eigenvalue weighted by Gasteiger charge is -2.35. The number of halogens is 1. The van der Waals surface area contributed by atoms with E-state index in [-0.39, 0.29) is 12.1 Å². The van der Waals surface area contributed by atoms with Crippen LogP contribution in [0.1, 0.15) is 42.8 Å². The molecule has 2 atom stereocenters. The van der Waals surface area contributed by atoms with Gasteiger partial charge in [-0.3, -0.25) is 4.90 Å². The van der Waals surface area contributed by atoms with E-state index in [4.69, 9.17) is 4.74 Å². The number of methoxy groups -OCH3 is 1. The predicted molar refractivity (Wildman–Crippen MR) is 90.3 cm³/mol. The molecule has 3 heterocycles. The van der Waals surface area contributed by atoms with Gasteiger partial charge >= 0.3 is 6.09 Å². The zero-order valence-corrected chi connectivity index (χ0v) is 14.5. The van der Waals surface area contributed by atoms with E-state index in [2.05, 4.69) is 28.1 Å². The molecule has 1 aromatic heterocycles. The number of hydrogen-bond acceptors (Lipinski definition) is 3. The first-order valence-electron chi connectivity index (χ1n) is 7.96. The highest BCUT2D eigenvalue weighted by molar-refractivity contribution is 9.10. The molecule has 122 valence electrons. The van der Waals surface area contributed by atoms with E-state index < -0.39 is 6.23 Å². The van der Waals surface area contributed by atoms with Gasteiger partial charge in [0.05, 0.1) is 18.7 Å². The van der Waals surface area contributed by atoms with E-state index in [1.807, 2.05) is 15.5 Å². The number of aliphatic hydroxyl groups is 1. The first-order valence-corrected chi connectivity index (χ1v) is 8.76. The van der Waals surface area contributed by atoms with Crippen molar-refractivity contribution in [3.05, 3.63) is 33.9 Å². The van der Waals surface area contributed by atoms with Crippen molar-refractivity contribution in [2.45, 2.75) is 38.0 Å². The van der Waals surface area contributed by atoms with Crippen LogP contribution in [0.25, 0.3) is 10.9 Å². The zero-order chi connectivity index (χ0) is 16.1. The summed E-state index contributed by atoms with van der Waals surface area (Å²) in [6, 6.07) is 6.18. The number of hydrogen-bond donors (Lipinski definition) is 1. The standard InChI is InChI=1S/C17H19BrN2O3/c1-23-17(22)19-8-7-12-11-6-5-10(18)9-14(11)20-15(21)4-2-3-13(19)16(12)20/h5-6,9,13,15,21H,2-4,7-8H2,1H3/t13-,15-/m1/s1. The first-order chi connectivity index (χ1) is 11.1. The molecule has 0 saturated carbocycles. The monoisotopic (exact) mass is 378 g/mol. The Hall–Kier alpha value is -1.53. The number of amides is 1. The van der Waals surface area contributed by atoms with Crippen LogP contribution >= 0.6 is 15.9 Å². The van der Waals surface area contributed by atoms with Crippen molar-refractivity contribution in [1.29, 1.82) is 0 Å². The Morgan fingerprint density at radius 2 is 2.22 bits per heavy atom. The molecule has 4 rings (SSSR count). The van der Waals surface area contributed by atoms with E-state index >= 15 is 0 Å². The number of nitrogens with zero attached hydrogens (tertiary/aromatic N) is 2. The number of carbonyl (C=O) groups excluding carboxylic acids is 1.